The first-order valence-electron chi connectivity index (χ1n) is 7.68. The highest BCUT2D eigenvalue weighted by molar-refractivity contribution is 7.19. The highest BCUT2D eigenvalue weighted by Gasteiger charge is 2.13. The van der Waals surface area contributed by atoms with E-state index in [-0.39, 0.29) is 0 Å². The predicted molar refractivity (Wildman–Crippen MR) is 99.2 cm³/mol. The molecule has 0 radical (unpaired) electrons. The van der Waals surface area contributed by atoms with Crippen molar-refractivity contribution in [3.8, 4) is 27.4 Å². The Hall–Kier alpha value is -2.44. The van der Waals surface area contributed by atoms with E-state index in [1.807, 2.05) is 50.5 Å². The third-order valence-corrected chi connectivity index (χ3v) is 4.45. The monoisotopic (exact) mass is 340 g/mol. The number of benzene rings is 1. The molecule has 0 saturated heterocycles. The van der Waals surface area contributed by atoms with Crippen LogP contribution < -0.4 is 10.5 Å². The van der Waals surface area contributed by atoms with Crippen LogP contribution in [-0.2, 0) is 0 Å². The minimum atomic E-state index is 0.558. The largest absolute Gasteiger partial charge is 0.492 e. The SMILES string of the molecule is CN(C)CCOc1ccc(-c2sc(N)nc2-c2ccncc2)cc1. The maximum Gasteiger partial charge on any atom is 0.181 e. The highest BCUT2D eigenvalue weighted by Crippen LogP contribution is 2.38. The standard InChI is InChI=1S/C18H20N4OS/c1-22(2)11-12-23-15-5-3-14(4-6-15)17-16(21-18(19)24-17)13-7-9-20-10-8-13/h3-10H,11-12H2,1-2H3,(H2,19,21). The van der Waals surface area contributed by atoms with Gasteiger partial charge in [-0.05, 0) is 56.1 Å². The van der Waals surface area contributed by atoms with E-state index < -0.39 is 0 Å². The Balaban J connectivity index is 1.82. The Labute approximate surface area is 145 Å². The van der Waals surface area contributed by atoms with Crippen molar-refractivity contribution >= 4 is 16.5 Å². The number of nitrogen functional groups attached to an aromatic ring is 1. The van der Waals surface area contributed by atoms with Crippen LogP contribution in [0.2, 0.25) is 0 Å². The third kappa shape index (κ3) is 3.90. The molecule has 0 bridgehead atoms. The Bertz CT molecular complexity index is 785. The predicted octanol–water partition coefficient (Wildman–Crippen LogP) is 3.39. The lowest BCUT2D eigenvalue weighted by molar-refractivity contribution is 0.261. The smallest absolute Gasteiger partial charge is 0.181 e. The summed E-state index contributed by atoms with van der Waals surface area (Å²) in [5, 5.41) is 0.558. The van der Waals surface area contributed by atoms with Gasteiger partial charge < -0.3 is 15.4 Å². The Morgan fingerprint density at radius 3 is 2.42 bits per heavy atom. The molecule has 0 unspecified atom stereocenters. The normalized spacial score (nSPS) is 11.0. The molecule has 3 rings (SSSR count). The highest BCUT2D eigenvalue weighted by atomic mass is 32.1. The second kappa shape index (κ2) is 7.42. The van der Waals surface area contributed by atoms with Crippen molar-refractivity contribution in [2.45, 2.75) is 0 Å². The zero-order valence-electron chi connectivity index (χ0n) is 13.8. The molecule has 2 heterocycles. The van der Waals surface area contributed by atoms with Gasteiger partial charge in [-0.2, -0.15) is 0 Å². The molecule has 124 valence electrons. The molecule has 0 saturated carbocycles. The quantitative estimate of drug-likeness (QED) is 0.745. The van der Waals surface area contributed by atoms with Gasteiger partial charge in [0.15, 0.2) is 5.13 Å². The molecule has 0 spiro atoms. The molecule has 0 fully saturated rings. The minimum Gasteiger partial charge on any atom is -0.492 e. The molecular formula is C18H20N4OS. The lowest BCUT2D eigenvalue weighted by Crippen LogP contribution is -2.19. The molecule has 0 atom stereocenters. The number of likely N-dealkylation sites (N-methyl/N-ethyl adjacent to an activating group) is 1. The number of rotatable bonds is 6. The molecule has 6 heteroatoms. The molecule has 0 amide bonds. The second-order valence-electron chi connectivity index (χ2n) is 5.64. The third-order valence-electron chi connectivity index (χ3n) is 3.52. The van der Waals surface area contributed by atoms with E-state index in [0.717, 1.165) is 34.0 Å². The van der Waals surface area contributed by atoms with Crippen LogP contribution in [0.3, 0.4) is 0 Å². The van der Waals surface area contributed by atoms with Crippen LogP contribution in [0, 0.1) is 0 Å². The van der Waals surface area contributed by atoms with Gasteiger partial charge in [-0.25, -0.2) is 4.98 Å². The zero-order valence-corrected chi connectivity index (χ0v) is 14.6. The number of nitrogens with two attached hydrogens (primary N) is 1. The molecule has 3 aromatic rings. The molecule has 0 aliphatic carbocycles. The summed E-state index contributed by atoms with van der Waals surface area (Å²) in [4.78, 5) is 11.7. The van der Waals surface area contributed by atoms with E-state index in [0.29, 0.717) is 11.7 Å². The molecule has 0 aliphatic heterocycles. The number of pyridine rings is 1. The van der Waals surface area contributed by atoms with Gasteiger partial charge in [0.1, 0.15) is 12.4 Å². The van der Waals surface area contributed by atoms with Crippen molar-refractivity contribution in [1.29, 1.82) is 0 Å². The van der Waals surface area contributed by atoms with Crippen molar-refractivity contribution < 1.29 is 4.74 Å². The molecule has 2 N–H and O–H groups in total. The summed E-state index contributed by atoms with van der Waals surface area (Å²) < 4.78 is 5.74. The Morgan fingerprint density at radius 2 is 1.75 bits per heavy atom. The maximum absolute atomic E-state index is 5.94. The average molecular weight is 340 g/mol. The summed E-state index contributed by atoms with van der Waals surface area (Å²) in [6.07, 6.45) is 3.52. The molecule has 5 nitrogen and oxygen atoms in total. The van der Waals surface area contributed by atoms with E-state index in [1.54, 1.807) is 12.4 Å². The summed E-state index contributed by atoms with van der Waals surface area (Å²) in [6.45, 7) is 1.56. The van der Waals surface area contributed by atoms with E-state index in [2.05, 4.69) is 14.9 Å². The number of hydrogen-bond donors (Lipinski definition) is 1. The van der Waals surface area contributed by atoms with E-state index >= 15 is 0 Å². The first-order chi connectivity index (χ1) is 11.6. The number of thiazole rings is 1. The molecular weight excluding hydrogens is 320 g/mol. The number of ether oxygens (including phenoxy) is 1. The number of nitrogens with zero attached hydrogens (tertiary/aromatic N) is 3. The second-order valence-corrected chi connectivity index (χ2v) is 6.67. The van der Waals surface area contributed by atoms with E-state index in [9.17, 15) is 0 Å². The van der Waals surface area contributed by atoms with Crippen LogP contribution >= 0.6 is 11.3 Å². The minimum absolute atomic E-state index is 0.558. The van der Waals surface area contributed by atoms with Gasteiger partial charge in [-0.15, -0.1) is 0 Å². The van der Waals surface area contributed by atoms with Crippen molar-refractivity contribution in [3.05, 3.63) is 48.8 Å². The fraction of sp³-hybridized carbons (Fsp3) is 0.222. The van der Waals surface area contributed by atoms with Gasteiger partial charge in [-0.1, -0.05) is 11.3 Å². The molecule has 0 aliphatic rings. The fourth-order valence-electron chi connectivity index (χ4n) is 2.29. The number of aromatic nitrogens is 2. The van der Waals surface area contributed by atoms with Crippen LogP contribution in [0.5, 0.6) is 5.75 Å². The summed E-state index contributed by atoms with van der Waals surface area (Å²) >= 11 is 1.49. The van der Waals surface area contributed by atoms with Crippen molar-refractivity contribution in [3.63, 3.8) is 0 Å². The van der Waals surface area contributed by atoms with Crippen molar-refractivity contribution in [2.75, 3.05) is 33.0 Å². The summed E-state index contributed by atoms with van der Waals surface area (Å²) in [5.41, 5.74) is 8.92. The van der Waals surface area contributed by atoms with Crippen LogP contribution in [0.4, 0.5) is 5.13 Å². The van der Waals surface area contributed by atoms with Gasteiger partial charge in [0.05, 0.1) is 10.6 Å². The molecule has 2 aromatic heterocycles. The first-order valence-corrected chi connectivity index (χ1v) is 8.50. The fourth-order valence-corrected chi connectivity index (χ4v) is 3.15. The van der Waals surface area contributed by atoms with Gasteiger partial charge >= 0.3 is 0 Å². The maximum atomic E-state index is 5.94. The van der Waals surface area contributed by atoms with Crippen molar-refractivity contribution in [1.82, 2.24) is 14.9 Å². The zero-order chi connectivity index (χ0) is 16.9. The average Bonchev–Trinajstić information content (AvgIpc) is 2.98. The van der Waals surface area contributed by atoms with Crippen LogP contribution in [0.15, 0.2) is 48.8 Å². The van der Waals surface area contributed by atoms with Crippen LogP contribution in [0.25, 0.3) is 21.7 Å². The number of hydrogen-bond acceptors (Lipinski definition) is 6. The topological polar surface area (TPSA) is 64.3 Å². The van der Waals surface area contributed by atoms with Gasteiger partial charge in [0.25, 0.3) is 0 Å². The van der Waals surface area contributed by atoms with Crippen molar-refractivity contribution in [2.24, 2.45) is 0 Å². The van der Waals surface area contributed by atoms with Crippen LogP contribution in [0.1, 0.15) is 0 Å². The van der Waals surface area contributed by atoms with E-state index in [1.165, 1.54) is 11.3 Å². The van der Waals surface area contributed by atoms with Gasteiger partial charge in [0, 0.05) is 24.5 Å². The summed E-state index contributed by atoms with van der Waals surface area (Å²) in [6, 6.07) is 11.9. The Kier molecular flexibility index (Phi) is 5.08. The number of anilines is 1. The summed E-state index contributed by atoms with van der Waals surface area (Å²) in [7, 11) is 4.06. The first kappa shape index (κ1) is 16.4. The lowest BCUT2D eigenvalue weighted by atomic mass is 10.1. The van der Waals surface area contributed by atoms with Crippen LogP contribution in [-0.4, -0.2) is 42.1 Å². The molecule has 1 aromatic carbocycles. The lowest BCUT2D eigenvalue weighted by Gasteiger charge is -2.11. The van der Waals surface area contributed by atoms with Gasteiger partial charge in [-0.3, -0.25) is 4.98 Å². The Morgan fingerprint density at radius 1 is 1.04 bits per heavy atom. The van der Waals surface area contributed by atoms with E-state index in [4.69, 9.17) is 10.5 Å². The summed E-state index contributed by atoms with van der Waals surface area (Å²) in [5.74, 6) is 0.864. The van der Waals surface area contributed by atoms with Gasteiger partial charge in [0.2, 0.25) is 0 Å². The molecule has 24 heavy (non-hydrogen) atoms.